The van der Waals surface area contributed by atoms with E-state index in [-0.39, 0.29) is 4.70 Å². The minimum Gasteiger partial charge on any atom is -0.269 e. The Bertz CT molecular complexity index is 20.9. The number of hydrogen-bond donors (Lipinski definition) is 0. The highest BCUT2D eigenvalue weighted by atomic mass is 27.0. The minimum absolute atomic E-state index is 0. The molecule has 0 saturated heterocycles. The molecule has 0 amide bonds. The zero-order chi connectivity index (χ0) is 3.41. The van der Waals surface area contributed by atoms with E-state index in [2.05, 4.69) is 22.9 Å². The molecule has 0 saturated carbocycles. The second kappa shape index (κ2) is 8.88. The first-order valence-electron chi connectivity index (χ1n) is 1.22. The highest BCUT2D eigenvalue weighted by Crippen LogP contribution is 1.61. The largest absolute Gasteiger partial charge is 0.269 e. The van der Waals surface area contributed by atoms with Crippen molar-refractivity contribution in [2.45, 2.75) is 5.28 Å². The Labute approximate surface area is 39.7 Å². The van der Waals surface area contributed by atoms with Crippen LogP contribution in [0.2, 0.25) is 5.28 Å². The minimum atomic E-state index is 0. The molecule has 5 heavy (non-hydrogen) atoms. The first kappa shape index (κ1) is 8.96. The first-order chi connectivity index (χ1) is 1.91. The zero-order valence-electron chi connectivity index (χ0n) is 2.98. The maximum Gasteiger partial charge on any atom is 0.124 e. The van der Waals surface area contributed by atoms with Gasteiger partial charge in [-0.3, -0.25) is 4.70 Å². The van der Waals surface area contributed by atoms with E-state index in [1.165, 1.54) is 0 Å². The molecule has 0 aliphatic heterocycles. The molecule has 0 aromatic rings. The van der Waals surface area contributed by atoms with E-state index in [1.807, 2.05) is 6.08 Å². The van der Waals surface area contributed by atoms with Gasteiger partial charge < -0.3 is 0 Å². The number of hydrogen-bond acceptors (Lipinski definition) is 0. The molecule has 0 aliphatic rings. The molecular weight excluding hydrogens is 82.0 g/mol. The fourth-order valence-electron chi connectivity index (χ4n) is 0. The lowest BCUT2D eigenvalue weighted by molar-refractivity contribution is 1.11. The van der Waals surface area contributed by atoms with Crippen LogP contribution in [0.25, 0.3) is 0 Å². The maximum absolute atomic E-state index is 3.46. The van der Waals surface area contributed by atoms with Crippen molar-refractivity contribution in [3.63, 3.8) is 0 Å². The van der Waals surface area contributed by atoms with Gasteiger partial charge in [0.1, 0.15) is 16.3 Å². The Balaban J connectivity index is 0. The van der Waals surface area contributed by atoms with Gasteiger partial charge in [0, 0.05) is 0 Å². The van der Waals surface area contributed by atoms with Gasteiger partial charge in [-0.1, -0.05) is 0 Å². The van der Waals surface area contributed by atoms with Gasteiger partial charge in [-0.05, 0) is 0 Å². The summed E-state index contributed by atoms with van der Waals surface area (Å²) in [6, 6.07) is 0. The van der Waals surface area contributed by atoms with Crippen molar-refractivity contribution >= 4 is 16.3 Å². The maximum atomic E-state index is 3.46. The Kier molecular flexibility index (Phi) is 15.9. The van der Waals surface area contributed by atoms with Crippen LogP contribution in [-0.2, 0) is 0 Å². The standard InChI is InChI=1S/C3H5.Al.FH/c1-3-2;;/h3H,1-2H2;;1H. The van der Waals surface area contributed by atoms with Crippen LogP contribution in [0, 0.1) is 0 Å². The average Bonchev–Trinajstić information content (AvgIpc) is 1.37. The van der Waals surface area contributed by atoms with Gasteiger partial charge in [0.2, 0.25) is 0 Å². The topological polar surface area (TPSA) is 0 Å². The SMILES string of the molecule is C=C[CH2][Al].F. The monoisotopic (exact) mass is 88.0 g/mol. The fourth-order valence-corrected chi connectivity index (χ4v) is 0. The Hall–Kier alpha value is 0.202. The molecule has 0 heterocycles. The van der Waals surface area contributed by atoms with Crippen LogP contribution in [-0.4, -0.2) is 16.3 Å². The van der Waals surface area contributed by atoms with Crippen molar-refractivity contribution in [1.29, 1.82) is 0 Å². The van der Waals surface area contributed by atoms with Crippen molar-refractivity contribution in [3.8, 4) is 0 Å². The summed E-state index contributed by atoms with van der Waals surface area (Å²) in [5, 5.41) is 1.00. The van der Waals surface area contributed by atoms with Crippen LogP contribution in [0.5, 0.6) is 0 Å². The highest BCUT2D eigenvalue weighted by Gasteiger charge is 1.46. The first-order valence-corrected chi connectivity index (χ1v) is 2.04. The molecule has 0 rings (SSSR count). The third-order valence-corrected chi connectivity index (χ3v) is 0.500. The molecule has 0 atom stereocenters. The molecule has 0 aromatic heterocycles. The predicted molar refractivity (Wildman–Crippen MR) is 23.3 cm³/mol. The van der Waals surface area contributed by atoms with Crippen molar-refractivity contribution in [2.75, 3.05) is 0 Å². The Morgan fingerprint density at radius 3 is 2.00 bits per heavy atom. The van der Waals surface area contributed by atoms with E-state index < -0.39 is 0 Å². The molecule has 0 bridgehead atoms. The van der Waals surface area contributed by atoms with E-state index in [0.717, 1.165) is 5.28 Å². The van der Waals surface area contributed by atoms with Crippen LogP contribution >= 0.6 is 0 Å². The number of halogens is 1. The van der Waals surface area contributed by atoms with E-state index in [4.69, 9.17) is 0 Å². The van der Waals surface area contributed by atoms with Crippen LogP contribution in [0.3, 0.4) is 0 Å². The van der Waals surface area contributed by atoms with Gasteiger partial charge in [0.25, 0.3) is 0 Å². The molecule has 0 aromatic carbocycles. The van der Waals surface area contributed by atoms with Crippen molar-refractivity contribution in [2.24, 2.45) is 0 Å². The zero-order valence-corrected chi connectivity index (χ0v) is 4.13. The molecular formula is C3H6AlF. The third kappa shape index (κ3) is 14.1. The summed E-state index contributed by atoms with van der Waals surface area (Å²) in [5.74, 6) is 0. The molecule has 0 aliphatic carbocycles. The summed E-state index contributed by atoms with van der Waals surface area (Å²) in [5.41, 5.74) is 0. The second-order valence-corrected chi connectivity index (χ2v) is 0.996. The number of rotatable bonds is 1. The van der Waals surface area contributed by atoms with Crippen LogP contribution in [0.15, 0.2) is 12.7 Å². The summed E-state index contributed by atoms with van der Waals surface area (Å²) in [4.78, 5) is 0. The van der Waals surface area contributed by atoms with E-state index in [0.29, 0.717) is 0 Å². The lowest BCUT2D eigenvalue weighted by Crippen LogP contribution is -1.47. The normalized spacial score (nSPS) is 4.80. The van der Waals surface area contributed by atoms with Crippen molar-refractivity contribution in [1.82, 2.24) is 0 Å². The van der Waals surface area contributed by atoms with Gasteiger partial charge in [0.05, 0.1) is 0 Å². The van der Waals surface area contributed by atoms with Crippen LogP contribution < -0.4 is 0 Å². The molecule has 0 unspecified atom stereocenters. The average molecular weight is 88.1 g/mol. The smallest absolute Gasteiger partial charge is 0.124 e. The molecule has 2 heteroatoms. The molecule has 0 fully saturated rings. The molecule has 0 spiro atoms. The van der Waals surface area contributed by atoms with Gasteiger partial charge in [-0.2, -0.15) is 0 Å². The van der Waals surface area contributed by atoms with E-state index >= 15 is 0 Å². The molecule has 0 N–H and O–H groups in total. The summed E-state index contributed by atoms with van der Waals surface area (Å²) < 4.78 is 0. The lowest BCUT2D eigenvalue weighted by atomic mass is 10.8. The van der Waals surface area contributed by atoms with Gasteiger partial charge in [-0.15, -0.1) is 17.9 Å². The van der Waals surface area contributed by atoms with E-state index in [1.54, 1.807) is 0 Å². The number of allylic oxidation sites excluding steroid dienone is 1. The Morgan fingerprint density at radius 1 is 1.80 bits per heavy atom. The van der Waals surface area contributed by atoms with Crippen LogP contribution in [0.4, 0.5) is 4.70 Å². The summed E-state index contributed by atoms with van der Waals surface area (Å²) in [6.45, 7) is 3.46. The van der Waals surface area contributed by atoms with Crippen LogP contribution in [0.1, 0.15) is 0 Å². The highest BCUT2D eigenvalue weighted by molar-refractivity contribution is 6.09. The Morgan fingerprint density at radius 2 is 2.00 bits per heavy atom. The quantitative estimate of drug-likeness (QED) is 0.330. The summed E-state index contributed by atoms with van der Waals surface area (Å²) >= 11 is 2.54. The predicted octanol–water partition coefficient (Wildman–Crippen LogP) is 0.912. The molecule has 0 nitrogen and oxygen atoms in total. The van der Waals surface area contributed by atoms with Gasteiger partial charge in [-0.25, -0.2) is 0 Å². The van der Waals surface area contributed by atoms with E-state index in [9.17, 15) is 0 Å². The molecule has 2 radical (unpaired) electrons. The molecule has 28 valence electrons. The lowest BCUT2D eigenvalue weighted by Gasteiger charge is -1.58. The van der Waals surface area contributed by atoms with Gasteiger partial charge >= 0.3 is 0 Å². The summed E-state index contributed by atoms with van der Waals surface area (Å²) in [7, 11) is 0. The van der Waals surface area contributed by atoms with Crippen molar-refractivity contribution < 1.29 is 4.70 Å². The van der Waals surface area contributed by atoms with Gasteiger partial charge in [0.15, 0.2) is 0 Å². The second-order valence-electron chi connectivity index (χ2n) is 0.524. The third-order valence-electron chi connectivity index (χ3n) is 0.167. The fraction of sp³-hybridized carbons (Fsp3) is 0.333. The van der Waals surface area contributed by atoms with Crippen molar-refractivity contribution in [3.05, 3.63) is 12.7 Å². The summed E-state index contributed by atoms with van der Waals surface area (Å²) in [6.07, 6.45) is 1.84.